The number of nitrogens with one attached hydrogen (secondary N) is 2. The molecule has 2 aromatic carbocycles. The van der Waals surface area contributed by atoms with Crippen molar-refractivity contribution in [2.75, 3.05) is 25.1 Å². The molecule has 0 aliphatic carbocycles. The molecule has 0 unspecified atom stereocenters. The molecular weight excluding hydrogens is 414 g/mol. The molecule has 31 heavy (non-hydrogen) atoms. The Morgan fingerprint density at radius 1 is 1.16 bits per heavy atom. The summed E-state index contributed by atoms with van der Waals surface area (Å²) in [4.78, 5) is 6.73. The fraction of sp³-hybridized carbons (Fsp3) is 0.318. The fourth-order valence-corrected chi connectivity index (χ4v) is 3.65. The average Bonchev–Trinajstić information content (AvgIpc) is 3.05. The Kier molecular flexibility index (Phi) is 5.86. The van der Waals surface area contributed by atoms with Crippen LogP contribution in [0.1, 0.15) is 24.0 Å². The highest BCUT2D eigenvalue weighted by atomic mass is 19.4. The van der Waals surface area contributed by atoms with E-state index in [1.807, 2.05) is 0 Å². The predicted octanol–water partition coefficient (Wildman–Crippen LogP) is 5.62. The minimum absolute atomic E-state index is 0.00311. The number of anilines is 1. The van der Waals surface area contributed by atoms with Gasteiger partial charge in [0.2, 0.25) is 0 Å². The minimum Gasteiger partial charge on any atom is -0.494 e. The average molecular weight is 435 g/mol. The summed E-state index contributed by atoms with van der Waals surface area (Å²) in [5.41, 5.74) is -0.0875. The highest BCUT2D eigenvalue weighted by Crippen LogP contribution is 2.37. The van der Waals surface area contributed by atoms with Crippen molar-refractivity contribution >= 4 is 28.5 Å². The van der Waals surface area contributed by atoms with Crippen LogP contribution in [-0.4, -0.2) is 36.1 Å². The van der Waals surface area contributed by atoms with Crippen LogP contribution in [0, 0.1) is 11.7 Å². The van der Waals surface area contributed by atoms with E-state index in [1.54, 1.807) is 0 Å². The number of ether oxygens (including phenoxy) is 1. The normalized spacial score (nSPS) is 15.7. The van der Waals surface area contributed by atoms with Gasteiger partial charge in [0.1, 0.15) is 5.82 Å². The van der Waals surface area contributed by atoms with Crippen molar-refractivity contribution in [1.29, 1.82) is 0 Å². The molecule has 5 nitrogen and oxygen atoms in total. The van der Waals surface area contributed by atoms with E-state index in [1.165, 1.54) is 36.5 Å². The first-order valence-corrected chi connectivity index (χ1v) is 9.88. The maximum atomic E-state index is 13.6. The van der Waals surface area contributed by atoms with Gasteiger partial charge in [-0.15, -0.1) is 0 Å². The second-order valence-corrected chi connectivity index (χ2v) is 7.50. The predicted molar refractivity (Wildman–Crippen MR) is 111 cm³/mol. The van der Waals surface area contributed by atoms with Crippen LogP contribution in [0.2, 0.25) is 0 Å². The Labute approximate surface area is 175 Å². The molecule has 3 aromatic rings. The number of fused-ring (bicyclic) bond motifs is 1. The molecule has 0 spiro atoms. The molecule has 1 aromatic heterocycles. The van der Waals surface area contributed by atoms with Gasteiger partial charge in [-0.2, -0.15) is 13.2 Å². The topological polar surface area (TPSA) is 69.6 Å². The molecule has 0 bridgehead atoms. The molecule has 1 saturated heterocycles. The van der Waals surface area contributed by atoms with Crippen LogP contribution in [0.25, 0.3) is 10.9 Å². The quantitative estimate of drug-likeness (QED) is 0.360. The zero-order valence-corrected chi connectivity index (χ0v) is 16.5. The van der Waals surface area contributed by atoms with Crippen LogP contribution < -0.4 is 5.32 Å². The Bertz CT molecular complexity index is 1100. The molecule has 1 aliphatic heterocycles. The third kappa shape index (κ3) is 4.82. The Morgan fingerprint density at radius 2 is 1.94 bits per heavy atom. The lowest BCUT2D eigenvalue weighted by atomic mass is 10.00. The van der Waals surface area contributed by atoms with Crippen LogP contribution in [-0.2, 0) is 10.9 Å². The van der Waals surface area contributed by atoms with Crippen LogP contribution in [0.4, 0.5) is 28.9 Å². The standard InChI is InChI=1S/C22H21F4N3O2/c23-14-1-3-16-17(21(30)29-20(16)9-14)12-27-15-2-4-19(18(10-15)22(24,25)26)28-11-13-5-7-31-8-6-13/h1-4,9-10,12-13,28-30H,5-8,11H2. The van der Waals surface area contributed by atoms with Crippen molar-refractivity contribution in [2.45, 2.75) is 19.0 Å². The molecule has 3 N–H and O–H groups in total. The molecule has 1 aliphatic rings. The third-order valence-corrected chi connectivity index (χ3v) is 5.35. The SMILES string of the molecule is Oc1[nH]c2cc(F)ccc2c1C=Nc1ccc(NCC2CCOCC2)c(C(F)(F)F)c1. The molecule has 1 fully saturated rings. The highest BCUT2D eigenvalue weighted by Gasteiger charge is 2.34. The largest absolute Gasteiger partial charge is 0.494 e. The number of aromatic nitrogens is 1. The third-order valence-electron chi connectivity index (χ3n) is 5.35. The van der Waals surface area contributed by atoms with Gasteiger partial charge in [0.05, 0.1) is 22.3 Å². The summed E-state index contributed by atoms with van der Waals surface area (Å²) in [6, 6.07) is 7.71. The molecule has 0 atom stereocenters. The number of H-pyrrole nitrogens is 1. The zero-order valence-electron chi connectivity index (χ0n) is 16.5. The first-order chi connectivity index (χ1) is 14.8. The smallest absolute Gasteiger partial charge is 0.418 e. The second kappa shape index (κ2) is 8.58. The van der Waals surface area contributed by atoms with Crippen LogP contribution in [0.3, 0.4) is 0 Å². The van der Waals surface area contributed by atoms with E-state index in [2.05, 4.69) is 15.3 Å². The van der Waals surface area contributed by atoms with Gasteiger partial charge in [0, 0.05) is 37.0 Å². The molecule has 4 rings (SSSR count). The summed E-state index contributed by atoms with van der Waals surface area (Å²) >= 11 is 0. The van der Waals surface area contributed by atoms with E-state index in [-0.39, 0.29) is 28.7 Å². The molecule has 164 valence electrons. The van der Waals surface area contributed by atoms with Gasteiger partial charge in [0.15, 0.2) is 5.88 Å². The van der Waals surface area contributed by atoms with Crippen molar-refractivity contribution in [3.05, 3.63) is 53.3 Å². The molecule has 0 saturated carbocycles. The minimum atomic E-state index is -4.55. The van der Waals surface area contributed by atoms with E-state index in [0.717, 1.165) is 18.9 Å². The molecule has 2 heterocycles. The maximum absolute atomic E-state index is 13.6. The van der Waals surface area contributed by atoms with E-state index in [4.69, 9.17) is 4.74 Å². The van der Waals surface area contributed by atoms with Gasteiger partial charge >= 0.3 is 6.18 Å². The van der Waals surface area contributed by atoms with Gasteiger partial charge in [-0.3, -0.25) is 4.99 Å². The number of aromatic amines is 1. The van der Waals surface area contributed by atoms with E-state index in [9.17, 15) is 22.7 Å². The summed E-state index contributed by atoms with van der Waals surface area (Å²) < 4.78 is 59.5. The number of rotatable bonds is 5. The van der Waals surface area contributed by atoms with Crippen molar-refractivity contribution in [3.63, 3.8) is 0 Å². The Morgan fingerprint density at radius 3 is 2.68 bits per heavy atom. The van der Waals surface area contributed by atoms with Crippen LogP contribution in [0.15, 0.2) is 41.4 Å². The van der Waals surface area contributed by atoms with Crippen molar-refractivity contribution in [1.82, 2.24) is 4.98 Å². The van der Waals surface area contributed by atoms with Crippen LogP contribution >= 0.6 is 0 Å². The van der Waals surface area contributed by atoms with E-state index >= 15 is 0 Å². The number of hydrogen-bond acceptors (Lipinski definition) is 4. The number of halogens is 4. The van der Waals surface area contributed by atoms with Crippen molar-refractivity contribution < 1.29 is 27.4 Å². The monoisotopic (exact) mass is 435 g/mol. The van der Waals surface area contributed by atoms with E-state index < -0.39 is 17.6 Å². The van der Waals surface area contributed by atoms with Gasteiger partial charge in [-0.1, -0.05) is 0 Å². The summed E-state index contributed by atoms with van der Waals surface area (Å²) in [5, 5.41) is 13.5. The highest BCUT2D eigenvalue weighted by molar-refractivity contribution is 6.02. The number of hydrogen-bond donors (Lipinski definition) is 3. The van der Waals surface area contributed by atoms with Crippen molar-refractivity contribution in [3.8, 4) is 5.88 Å². The number of nitrogens with zero attached hydrogens (tertiary/aromatic N) is 1. The number of alkyl halides is 3. The molecule has 9 heteroatoms. The van der Waals surface area contributed by atoms with Gasteiger partial charge < -0.3 is 20.1 Å². The Hall–Kier alpha value is -3.07. The zero-order chi connectivity index (χ0) is 22.0. The number of aliphatic imine (C=N–C) groups is 1. The summed E-state index contributed by atoms with van der Waals surface area (Å²) in [7, 11) is 0. The lowest BCUT2D eigenvalue weighted by Crippen LogP contribution is -2.23. The van der Waals surface area contributed by atoms with E-state index in [0.29, 0.717) is 30.7 Å². The lowest BCUT2D eigenvalue weighted by Gasteiger charge is -2.23. The first-order valence-electron chi connectivity index (χ1n) is 9.88. The van der Waals surface area contributed by atoms with Gasteiger partial charge in [-0.25, -0.2) is 4.39 Å². The fourth-order valence-electron chi connectivity index (χ4n) is 3.65. The second-order valence-electron chi connectivity index (χ2n) is 7.50. The van der Waals surface area contributed by atoms with Gasteiger partial charge in [-0.05, 0) is 55.2 Å². The lowest BCUT2D eigenvalue weighted by molar-refractivity contribution is -0.136. The Balaban J connectivity index is 1.58. The molecular formula is C22H21F4N3O2. The number of aromatic hydroxyl groups is 1. The first kappa shape index (κ1) is 21.2. The summed E-state index contributed by atoms with van der Waals surface area (Å²) in [6.07, 6.45) is -1.66. The summed E-state index contributed by atoms with van der Waals surface area (Å²) in [5.74, 6) is -0.451. The van der Waals surface area contributed by atoms with Crippen molar-refractivity contribution in [2.24, 2.45) is 10.9 Å². The van der Waals surface area contributed by atoms with Crippen LogP contribution in [0.5, 0.6) is 5.88 Å². The summed E-state index contributed by atoms with van der Waals surface area (Å²) in [6.45, 7) is 1.69. The van der Waals surface area contributed by atoms with Gasteiger partial charge in [0.25, 0.3) is 0 Å². The number of benzene rings is 2. The maximum Gasteiger partial charge on any atom is 0.418 e. The molecule has 0 amide bonds. The molecule has 0 radical (unpaired) electrons.